The summed E-state index contributed by atoms with van der Waals surface area (Å²) in [6, 6.07) is 0.755. The summed E-state index contributed by atoms with van der Waals surface area (Å²) in [5.74, 6) is -0.748. The molecular weight excluding hydrogens is 275 g/mol. The van der Waals surface area contributed by atoms with Crippen molar-refractivity contribution in [2.24, 2.45) is 0 Å². The van der Waals surface area contributed by atoms with Crippen LogP contribution in [-0.4, -0.2) is 28.5 Å². The highest BCUT2D eigenvalue weighted by Gasteiger charge is 2.33. The summed E-state index contributed by atoms with van der Waals surface area (Å²) in [6.07, 6.45) is -4.48. The Hall–Kier alpha value is -2.06. The van der Waals surface area contributed by atoms with Crippen LogP contribution in [0.2, 0.25) is 0 Å². The van der Waals surface area contributed by atoms with Gasteiger partial charge in [-0.2, -0.15) is 18.2 Å². The van der Waals surface area contributed by atoms with Crippen molar-refractivity contribution in [2.45, 2.75) is 32.5 Å². The number of anilines is 2. The van der Waals surface area contributed by atoms with Crippen molar-refractivity contribution in [2.75, 3.05) is 17.6 Å². The molecule has 1 rings (SSSR count). The van der Waals surface area contributed by atoms with Gasteiger partial charge in [0.25, 0.3) is 0 Å². The van der Waals surface area contributed by atoms with Crippen LogP contribution in [-0.2, 0) is 11.0 Å². The predicted octanol–water partition coefficient (Wildman–Crippen LogP) is 1.40. The van der Waals surface area contributed by atoms with E-state index in [0.717, 1.165) is 6.07 Å². The second-order valence-electron chi connectivity index (χ2n) is 4.39. The lowest BCUT2D eigenvalue weighted by Crippen LogP contribution is -2.31. The molecule has 0 atom stereocenters. The average Bonchev–Trinajstić information content (AvgIpc) is 2.25. The average molecular weight is 291 g/mol. The van der Waals surface area contributed by atoms with E-state index in [4.69, 9.17) is 5.73 Å². The number of nitrogen functional groups attached to an aromatic ring is 1. The van der Waals surface area contributed by atoms with Gasteiger partial charge in [-0.3, -0.25) is 4.79 Å². The normalized spacial score (nSPS) is 11.5. The van der Waals surface area contributed by atoms with E-state index in [-0.39, 0.29) is 30.7 Å². The van der Waals surface area contributed by atoms with Crippen molar-refractivity contribution in [3.05, 3.63) is 11.8 Å². The lowest BCUT2D eigenvalue weighted by Gasteiger charge is -2.11. The molecule has 112 valence electrons. The maximum absolute atomic E-state index is 12.5. The van der Waals surface area contributed by atoms with Crippen molar-refractivity contribution in [1.82, 2.24) is 15.3 Å². The third-order valence-corrected chi connectivity index (χ3v) is 2.14. The topological polar surface area (TPSA) is 92.9 Å². The van der Waals surface area contributed by atoms with Gasteiger partial charge in [-0.15, -0.1) is 0 Å². The molecule has 0 fully saturated rings. The fourth-order valence-corrected chi connectivity index (χ4v) is 1.40. The number of hydrogen-bond acceptors (Lipinski definition) is 5. The summed E-state index contributed by atoms with van der Waals surface area (Å²) in [4.78, 5) is 18.1. The number of nitrogens with zero attached hydrogens (tertiary/aromatic N) is 2. The number of carbonyl (C=O) groups excluding carboxylic acids is 1. The molecule has 4 N–H and O–H groups in total. The Balaban J connectivity index is 2.61. The van der Waals surface area contributed by atoms with E-state index in [1.165, 1.54) is 0 Å². The maximum Gasteiger partial charge on any atom is 0.433 e. The smallest absolute Gasteiger partial charge is 0.369 e. The number of amides is 1. The SMILES string of the molecule is CC(C)NC(=O)CCNc1cc(C(F)(F)F)nc(N)n1. The molecule has 20 heavy (non-hydrogen) atoms. The highest BCUT2D eigenvalue weighted by Crippen LogP contribution is 2.29. The Morgan fingerprint density at radius 3 is 2.60 bits per heavy atom. The molecule has 0 aromatic carbocycles. The number of hydrogen-bond donors (Lipinski definition) is 3. The van der Waals surface area contributed by atoms with E-state index in [1.54, 1.807) is 0 Å². The molecule has 0 aliphatic rings. The fourth-order valence-electron chi connectivity index (χ4n) is 1.40. The first-order chi connectivity index (χ1) is 9.18. The minimum Gasteiger partial charge on any atom is -0.369 e. The summed E-state index contributed by atoms with van der Waals surface area (Å²) in [5.41, 5.74) is 4.09. The summed E-state index contributed by atoms with van der Waals surface area (Å²) in [7, 11) is 0. The van der Waals surface area contributed by atoms with Gasteiger partial charge >= 0.3 is 6.18 Å². The van der Waals surface area contributed by atoms with E-state index >= 15 is 0 Å². The predicted molar refractivity (Wildman–Crippen MR) is 67.8 cm³/mol. The summed E-state index contributed by atoms with van der Waals surface area (Å²) < 4.78 is 37.5. The van der Waals surface area contributed by atoms with Crippen molar-refractivity contribution in [3.63, 3.8) is 0 Å². The molecule has 6 nitrogen and oxygen atoms in total. The highest BCUT2D eigenvalue weighted by molar-refractivity contribution is 5.76. The third kappa shape index (κ3) is 5.29. The molecule has 1 amide bonds. The van der Waals surface area contributed by atoms with Gasteiger partial charge in [0.1, 0.15) is 5.82 Å². The van der Waals surface area contributed by atoms with Crippen molar-refractivity contribution in [1.29, 1.82) is 0 Å². The van der Waals surface area contributed by atoms with Gasteiger partial charge in [-0.05, 0) is 13.8 Å². The second-order valence-corrected chi connectivity index (χ2v) is 4.39. The standard InChI is InChI=1S/C11H16F3N5O/c1-6(2)17-9(20)3-4-16-8-5-7(11(12,13)14)18-10(15)19-8/h5-6H,3-4H2,1-2H3,(H,17,20)(H3,15,16,18,19). The number of rotatable bonds is 5. The molecule has 0 unspecified atom stereocenters. The second kappa shape index (κ2) is 6.40. The Morgan fingerprint density at radius 2 is 2.05 bits per heavy atom. The van der Waals surface area contributed by atoms with Crippen LogP contribution in [0.5, 0.6) is 0 Å². The molecule has 0 spiro atoms. The Morgan fingerprint density at radius 1 is 1.40 bits per heavy atom. The quantitative estimate of drug-likeness (QED) is 0.762. The molecule has 1 heterocycles. The van der Waals surface area contributed by atoms with Crippen molar-refractivity contribution < 1.29 is 18.0 Å². The van der Waals surface area contributed by atoms with E-state index in [2.05, 4.69) is 20.6 Å². The van der Waals surface area contributed by atoms with Gasteiger partial charge in [-0.25, -0.2) is 4.98 Å². The lowest BCUT2D eigenvalue weighted by atomic mass is 10.3. The van der Waals surface area contributed by atoms with Gasteiger partial charge in [-0.1, -0.05) is 0 Å². The van der Waals surface area contributed by atoms with Crippen molar-refractivity contribution >= 4 is 17.7 Å². The van der Waals surface area contributed by atoms with Crippen LogP contribution < -0.4 is 16.4 Å². The molecule has 0 aliphatic carbocycles. The molecule has 0 aliphatic heterocycles. The Labute approximate surface area is 114 Å². The molecule has 0 bridgehead atoms. The highest BCUT2D eigenvalue weighted by atomic mass is 19.4. The Kier molecular flexibility index (Phi) is 5.12. The van der Waals surface area contributed by atoms with Crippen LogP contribution in [0.4, 0.5) is 24.9 Å². The van der Waals surface area contributed by atoms with E-state index < -0.39 is 17.8 Å². The van der Waals surface area contributed by atoms with Crippen LogP contribution >= 0.6 is 0 Å². The van der Waals surface area contributed by atoms with Gasteiger partial charge < -0.3 is 16.4 Å². The molecule has 0 saturated heterocycles. The van der Waals surface area contributed by atoms with E-state index in [0.29, 0.717) is 0 Å². The molecule has 1 aromatic rings. The minimum atomic E-state index is -4.59. The number of halogens is 3. The number of alkyl halides is 3. The summed E-state index contributed by atoms with van der Waals surface area (Å²) in [6.45, 7) is 3.77. The van der Waals surface area contributed by atoms with E-state index in [1.807, 2.05) is 13.8 Å². The Bertz CT molecular complexity index is 476. The summed E-state index contributed by atoms with van der Waals surface area (Å²) in [5, 5.41) is 5.27. The molecule has 0 saturated carbocycles. The third-order valence-electron chi connectivity index (χ3n) is 2.14. The minimum absolute atomic E-state index is 0.00836. The van der Waals surface area contributed by atoms with Gasteiger partial charge in [0.05, 0.1) is 0 Å². The molecule has 0 radical (unpaired) electrons. The van der Waals surface area contributed by atoms with Gasteiger partial charge in [0, 0.05) is 25.1 Å². The zero-order valence-corrected chi connectivity index (χ0v) is 11.1. The van der Waals surface area contributed by atoms with Crippen LogP contribution in [0.15, 0.2) is 6.07 Å². The zero-order chi connectivity index (χ0) is 15.3. The first-order valence-electron chi connectivity index (χ1n) is 5.93. The van der Waals surface area contributed by atoms with E-state index in [9.17, 15) is 18.0 Å². The number of nitrogens with two attached hydrogens (primary N) is 1. The van der Waals surface area contributed by atoms with Crippen LogP contribution in [0, 0.1) is 0 Å². The van der Waals surface area contributed by atoms with Crippen molar-refractivity contribution in [3.8, 4) is 0 Å². The number of carbonyl (C=O) groups is 1. The van der Waals surface area contributed by atoms with Crippen LogP contribution in [0.1, 0.15) is 26.0 Å². The first kappa shape index (κ1) is 16.0. The van der Waals surface area contributed by atoms with Crippen LogP contribution in [0.3, 0.4) is 0 Å². The number of nitrogens with one attached hydrogen (secondary N) is 2. The van der Waals surface area contributed by atoms with Gasteiger partial charge in [0.2, 0.25) is 11.9 Å². The molecule has 9 heteroatoms. The largest absolute Gasteiger partial charge is 0.433 e. The first-order valence-corrected chi connectivity index (χ1v) is 5.93. The zero-order valence-electron chi connectivity index (χ0n) is 11.1. The number of aromatic nitrogens is 2. The monoisotopic (exact) mass is 291 g/mol. The maximum atomic E-state index is 12.5. The van der Waals surface area contributed by atoms with Gasteiger partial charge in [0.15, 0.2) is 5.69 Å². The summed E-state index contributed by atoms with van der Waals surface area (Å²) >= 11 is 0. The molecule has 1 aromatic heterocycles. The fraction of sp³-hybridized carbons (Fsp3) is 0.545. The van der Waals surface area contributed by atoms with Crippen LogP contribution in [0.25, 0.3) is 0 Å². The molecular formula is C11H16F3N5O. The lowest BCUT2D eigenvalue weighted by molar-refractivity contribution is -0.141.